The number of hydrogen-bond acceptors (Lipinski definition) is 0. The van der Waals surface area contributed by atoms with E-state index < -0.39 is 46.4 Å². The van der Waals surface area contributed by atoms with Crippen molar-refractivity contribution in [2.75, 3.05) is 0 Å². The van der Waals surface area contributed by atoms with E-state index in [1.54, 1.807) is 13.8 Å². The molecule has 2 aromatic rings. The molecule has 2 aromatic carbocycles. The summed E-state index contributed by atoms with van der Waals surface area (Å²) in [4.78, 5) is 0. The Morgan fingerprint density at radius 2 is 1.07 bits per heavy atom. The fourth-order valence-corrected chi connectivity index (χ4v) is 4.86. The van der Waals surface area contributed by atoms with Crippen molar-refractivity contribution in [3.8, 4) is 0 Å². The highest BCUT2D eigenvalue weighted by atomic mass is 19.3. The first kappa shape index (κ1) is 19.3. The minimum absolute atomic E-state index is 0.0420. The Morgan fingerprint density at radius 1 is 0.714 bits per heavy atom. The third kappa shape index (κ3) is 2.83. The van der Waals surface area contributed by atoms with E-state index in [-0.39, 0.29) is 36.8 Å². The van der Waals surface area contributed by atoms with Crippen molar-refractivity contribution in [3.63, 3.8) is 0 Å². The number of alkyl halides is 4. The molecule has 28 heavy (non-hydrogen) atoms. The first-order valence-corrected chi connectivity index (χ1v) is 9.36. The fourth-order valence-electron chi connectivity index (χ4n) is 4.86. The van der Waals surface area contributed by atoms with Crippen LogP contribution in [0.25, 0.3) is 0 Å². The molecule has 0 nitrogen and oxygen atoms in total. The van der Waals surface area contributed by atoms with Gasteiger partial charge in [0.15, 0.2) is 0 Å². The summed E-state index contributed by atoms with van der Waals surface area (Å²) in [7, 11) is 0. The van der Waals surface area contributed by atoms with Gasteiger partial charge < -0.3 is 0 Å². The molecule has 0 amide bonds. The van der Waals surface area contributed by atoms with E-state index in [0.717, 1.165) is 12.1 Å². The van der Waals surface area contributed by atoms with Crippen molar-refractivity contribution < 1.29 is 26.3 Å². The molecule has 0 bridgehead atoms. The topological polar surface area (TPSA) is 0 Å². The summed E-state index contributed by atoms with van der Waals surface area (Å²) >= 11 is 0. The van der Waals surface area contributed by atoms with Gasteiger partial charge in [-0.05, 0) is 73.9 Å². The van der Waals surface area contributed by atoms with Gasteiger partial charge in [-0.15, -0.1) is 0 Å². The fraction of sp³-hybridized carbons (Fsp3) is 0.455. The van der Waals surface area contributed by atoms with E-state index in [2.05, 4.69) is 0 Å². The highest BCUT2D eigenvalue weighted by Gasteiger charge is 2.53. The molecule has 0 fully saturated rings. The zero-order chi connectivity index (χ0) is 20.4. The molecule has 2 aliphatic carbocycles. The van der Waals surface area contributed by atoms with Gasteiger partial charge in [0.25, 0.3) is 11.8 Å². The average Bonchev–Trinajstić information content (AvgIpc) is 2.94. The van der Waals surface area contributed by atoms with Crippen molar-refractivity contribution in [1.29, 1.82) is 0 Å². The Bertz CT molecular complexity index is 869. The number of benzene rings is 2. The maximum Gasteiger partial charge on any atom is 0.279 e. The lowest BCUT2D eigenvalue weighted by atomic mass is 9.89. The monoisotopic (exact) mass is 398 g/mol. The Balaban J connectivity index is 1.55. The molecule has 0 N–H and O–H groups in total. The molecule has 0 radical (unpaired) electrons. The molecule has 6 heteroatoms. The third-order valence-electron chi connectivity index (χ3n) is 6.12. The lowest BCUT2D eigenvalue weighted by Crippen LogP contribution is -2.26. The molecule has 2 unspecified atom stereocenters. The minimum Gasteiger partial charge on any atom is -0.206 e. The van der Waals surface area contributed by atoms with E-state index in [1.165, 1.54) is 12.1 Å². The van der Waals surface area contributed by atoms with Crippen LogP contribution in [-0.4, -0.2) is 0 Å². The van der Waals surface area contributed by atoms with Crippen LogP contribution in [0.3, 0.4) is 0 Å². The Labute approximate surface area is 159 Å². The molecule has 0 saturated heterocycles. The molecule has 150 valence electrons. The lowest BCUT2D eigenvalue weighted by Gasteiger charge is -2.24. The van der Waals surface area contributed by atoms with Crippen molar-refractivity contribution in [3.05, 3.63) is 69.3 Å². The van der Waals surface area contributed by atoms with Gasteiger partial charge in [0, 0.05) is 11.8 Å². The lowest BCUT2D eigenvalue weighted by molar-refractivity contribution is -0.0793. The van der Waals surface area contributed by atoms with Crippen molar-refractivity contribution in [2.45, 2.75) is 51.4 Å². The van der Waals surface area contributed by atoms with Gasteiger partial charge in [0.2, 0.25) is 0 Å². The molecule has 2 aliphatic rings. The molecule has 0 spiro atoms. The molecule has 0 aromatic heterocycles. The summed E-state index contributed by atoms with van der Waals surface area (Å²) in [6.07, 6.45) is -0.427. The normalized spacial score (nSPS) is 24.3. The van der Waals surface area contributed by atoms with Crippen LogP contribution < -0.4 is 0 Å². The van der Waals surface area contributed by atoms with E-state index in [1.807, 2.05) is 0 Å². The van der Waals surface area contributed by atoms with Crippen LogP contribution in [0.1, 0.15) is 46.2 Å². The van der Waals surface area contributed by atoms with Gasteiger partial charge in [0.05, 0.1) is 11.1 Å². The van der Waals surface area contributed by atoms with E-state index in [4.69, 9.17) is 0 Å². The average molecular weight is 398 g/mol. The second kappa shape index (κ2) is 6.26. The number of halogens is 6. The van der Waals surface area contributed by atoms with E-state index in [9.17, 15) is 26.3 Å². The quantitative estimate of drug-likeness (QED) is 0.512. The number of aryl methyl sites for hydroxylation is 2. The predicted molar refractivity (Wildman–Crippen MR) is 93.7 cm³/mol. The maximum absolute atomic E-state index is 14.8. The van der Waals surface area contributed by atoms with Crippen LogP contribution >= 0.6 is 0 Å². The molecular weight excluding hydrogens is 378 g/mol. The Kier molecular flexibility index (Phi) is 4.32. The molecule has 0 aliphatic heterocycles. The van der Waals surface area contributed by atoms with Gasteiger partial charge >= 0.3 is 0 Å². The number of fused-ring (bicyclic) bond motifs is 2. The summed E-state index contributed by atoms with van der Waals surface area (Å²) < 4.78 is 87.2. The van der Waals surface area contributed by atoms with Gasteiger partial charge in [-0.25, -0.2) is 26.3 Å². The summed E-state index contributed by atoms with van der Waals surface area (Å²) in [6.45, 7) is 3.25. The second-order valence-electron chi connectivity index (χ2n) is 8.19. The predicted octanol–water partition coefficient (Wildman–Crippen LogP) is 6.59. The van der Waals surface area contributed by atoms with Crippen LogP contribution in [-0.2, 0) is 24.7 Å². The van der Waals surface area contributed by atoms with Crippen LogP contribution in [0.2, 0.25) is 0 Å². The van der Waals surface area contributed by atoms with Crippen LogP contribution in [0, 0.1) is 37.3 Å². The third-order valence-corrected chi connectivity index (χ3v) is 6.12. The minimum atomic E-state index is -3.39. The van der Waals surface area contributed by atoms with Crippen molar-refractivity contribution in [1.82, 2.24) is 0 Å². The Morgan fingerprint density at radius 3 is 1.43 bits per heavy atom. The molecule has 0 saturated carbocycles. The molecule has 0 heterocycles. The molecule has 4 rings (SSSR count). The Hall–Kier alpha value is -1.98. The van der Waals surface area contributed by atoms with Gasteiger partial charge in [-0.2, -0.15) is 0 Å². The highest BCUT2D eigenvalue weighted by Crippen LogP contribution is 2.53. The van der Waals surface area contributed by atoms with Crippen molar-refractivity contribution in [2.24, 2.45) is 11.8 Å². The zero-order valence-corrected chi connectivity index (χ0v) is 15.6. The summed E-state index contributed by atoms with van der Waals surface area (Å²) in [5.74, 6) is -11.1. The molecule has 2 atom stereocenters. The highest BCUT2D eigenvalue weighted by molar-refractivity contribution is 5.42. The largest absolute Gasteiger partial charge is 0.279 e. The van der Waals surface area contributed by atoms with Gasteiger partial charge in [-0.3, -0.25) is 0 Å². The van der Waals surface area contributed by atoms with Crippen LogP contribution in [0.5, 0.6) is 0 Å². The number of rotatable bonds is 3. The first-order valence-electron chi connectivity index (χ1n) is 9.36. The molecular formula is C22H20F6. The maximum atomic E-state index is 14.8. The summed E-state index contributed by atoms with van der Waals surface area (Å²) in [5.41, 5.74) is 0.386. The number of hydrogen-bond donors (Lipinski definition) is 0. The van der Waals surface area contributed by atoms with Crippen molar-refractivity contribution >= 4 is 0 Å². The van der Waals surface area contributed by atoms with E-state index >= 15 is 0 Å². The first-order chi connectivity index (χ1) is 13.0. The zero-order valence-electron chi connectivity index (χ0n) is 15.6. The van der Waals surface area contributed by atoms with Gasteiger partial charge in [-0.1, -0.05) is 12.1 Å². The standard InChI is InChI=1S/C22H20F6/c1-11-5-13-9-15(21(25,26)19(13)17(23)7-11)3-4-16-10-14-6-12(2)8-18(24)20(14)22(16,27)28/h5-8,15-16H,3-4,9-10H2,1-2H3. The van der Waals surface area contributed by atoms with Gasteiger partial charge in [0.1, 0.15) is 11.6 Å². The smallest absolute Gasteiger partial charge is 0.206 e. The second-order valence-corrected chi connectivity index (χ2v) is 8.19. The summed E-state index contributed by atoms with van der Waals surface area (Å²) in [6, 6.07) is 5.21. The SMILES string of the molecule is Cc1cc(F)c2c(c1)CC(CCC1Cc3cc(C)cc(F)c3C1(F)F)C2(F)F. The van der Waals surface area contributed by atoms with Crippen LogP contribution in [0.4, 0.5) is 26.3 Å². The van der Waals surface area contributed by atoms with Crippen LogP contribution in [0.15, 0.2) is 24.3 Å². The summed E-state index contributed by atoms with van der Waals surface area (Å²) in [5, 5.41) is 0. The van der Waals surface area contributed by atoms with E-state index in [0.29, 0.717) is 11.1 Å².